The average Bonchev–Trinajstić information content (AvgIpc) is 2.39. The highest BCUT2D eigenvalue weighted by Crippen LogP contribution is 2.37. The average molecular weight is 356 g/mol. The van der Waals surface area contributed by atoms with Gasteiger partial charge < -0.3 is 5.32 Å². The molecule has 1 aliphatic carbocycles. The zero-order chi connectivity index (χ0) is 14.5. The number of rotatable bonds is 5. The van der Waals surface area contributed by atoms with E-state index >= 15 is 0 Å². The fourth-order valence-corrected chi connectivity index (χ4v) is 5.33. The van der Waals surface area contributed by atoms with E-state index in [-0.39, 0.29) is 0 Å². The van der Waals surface area contributed by atoms with Gasteiger partial charge in [-0.2, -0.15) is 0 Å². The molecule has 0 amide bonds. The second-order valence-corrected chi connectivity index (χ2v) is 8.20. The predicted octanol–water partition coefficient (Wildman–Crippen LogP) is 5.79. The van der Waals surface area contributed by atoms with Crippen molar-refractivity contribution in [1.29, 1.82) is 0 Å². The molecule has 1 nitrogen and oxygen atoms in total. The minimum Gasteiger partial charge on any atom is -0.310 e. The lowest BCUT2D eigenvalue weighted by atomic mass is 9.91. The van der Waals surface area contributed by atoms with Gasteiger partial charge in [-0.1, -0.05) is 48.7 Å². The third-order valence-corrected chi connectivity index (χ3v) is 6.11. The molecule has 1 saturated carbocycles. The van der Waals surface area contributed by atoms with Gasteiger partial charge in [0.1, 0.15) is 0 Å². The Labute approximate surface area is 136 Å². The fraction of sp³-hybridized carbons (Fsp3) is 0.647. The van der Waals surface area contributed by atoms with E-state index in [2.05, 4.69) is 72.0 Å². The Morgan fingerprint density at radius 1 is 1.40 bits per heavy atom. The van der Waals surface area contributed by atoms with Gasteiger partial charge in [0.15, 0.2) is 0 Å². The van der Waals surface area contributed by atoms with Crippen molar-refractivity contribution >= 4 is 27.7 Å². The van der Waals surface area contributed by atoms with Crippen LogP contribution in [0.4, 0.5) is 0 Å². The Balaban J connectivity index is 2.01. The lowest BCUT2D eigenvalue weighted by Gasteiger charge is -2.26. The molecule has 3 heteroatoms. The van der Waals surface area contributed by atoms with Crippen LogP contribution in [-0.2, 0) is 0 Å². The maximum Gasteiger partial charge on any atom is 0.0302 e. The summed E-state index contributed by atoms with van der Waals surface area (Å²) in [6, 6.07) is 7.26. The topological polar surface area (TPSA) is 12.0 Å². The summed E-state index contributed by atoms with van der Waals surface area (Å²) in [5.74, 6) is 0.901. The summed E-state index contributed by atoms with van der Waals surface area (Å²) in [5, 5.41) is 4.28. The van der Waals surface area contributed by atoms with Crippen molar-refractivity contribution in [2.75, 3.05) is 6.54 Å². The maximum atomic E-state index is 3.74. The van der Waals surface area contributed by atoms with Crippen LogP contribution < -0.4 is 5.32 Å². The van der Waals surface area contributed by atoms with Crippen LogP contribution in [-0.4, -0.2) is 11.8 Å². The first-order valence-electron chi connectivity index (χ1n) is 7.79. The molecule has 0 radical (unpaired) electrons. The Morgan fingerprint density at radius 2 is 2.20 bits per heavy atom. The van der Waals surface area contributed by atoms with Crippen LogP contribution in [0.25, 0.3) is 0 Å². The van der Waals surface area contributed by atoms with Crippen molar-refractivity contribution < 1.29 is 0 Å². The molecule has 1 fully saturated rings. The molecule has 3 atom stereocenters. The summed E-state index contributed by atoms with van der Waals surface area (Å²) in [6.45, 7) is 7.77. The van der Waals surface area contributed by atoms with E-state index in [1.807, 2.05) is 0 Å². The van der Waals surface area contributed by atoms with E-state index in [1.165, 1.54) is 40.6 Å². The van der Waals surface area contributed by atoms with Crippen molar-refractivity contribution in [3.05, 3.63) is 28.2 Å². The number of thioether (sulfide) groups is 1. The molecule has 1 aromatic rings. The normalized spacial score (nSPS) is 24.6. The van der Waals surface area contributed by atoms with Gasteiger partial charge in [0.25, 0.3) is 0 Å². The highest BCUT2D eigenvalue weighted by Gasteiger charge is 2.20. The Kier molecular flexibility index (Phi) is 6.44. The van der Waals surface area contributed by atoms with Gasteiger partial charge in [0, 0.05) is 20.7 Å². The quantitative estimate of drug-likeness (QED) is 0.717. The lowest BCUT2D eigenvalue weighted by molar-refractivity contribution is 0.394. The van der Waals surface area contributed by atoms with Gasteiger partial charge in [0.2, 0.25) is 0 Å². The molecule has 2 rings (SSSR count). The largest absolute Gasteiger partial charge is 0.310 e. The second kappa shape index (κ2) is 7.86. The second-order valence-electron chi connectivity index (χ2n) is 5.97. The molecule has 0 spiro atoms. The third kappa shape index (κ3) is 4.51. The van der Waals surface area contributed by atoms with Crippen LogP contribution in [0.15, 0.2) is 27.6 Å². The SMILES string of the molecule is CCNC(C)c1ccc(SC2CCCC(C)C2)cc1Br. The van der Waals surface area contributed by atoms with Gasteiger partial charge in [0.05, 0.1) is 0 Å². The summed E-state index contributed by atoms with van der Waals surface area (Å²) in [7, 11) is 0. The van der Waals surface area contributed by atoms with Crippen LogP contribution in [0.3, 0.4) is 0 Å². The molecule has 0 aliphatic heterocycles. The van der Waals surface area contributed by atoms with E-state index in [1.54, 1.807) is 0 Å². The molecule has 1 aromatic carbocycles. The highest BCUT2D eigenvalue weighted by atomic mass is 79.9. The Morgan fingerprint density at radius 3 is 2.85 bits per heavy atom. The molecule has 0 aromatic heterocycles. The molecule has 20 heavy (non-hydrogen) atoms. The number of nitrogens with one attached hydrogen (secondary N) is 1. The molecule has 0 heterocycles. The summed E-state index contributed by atoms with van der Waals surface area (Å²) < 4.78 is 1.24. The van der Waals surface area contributed by atoms with Gasteiger partial charge in [-0.15, -0.1) is 11.8 Å². The van der Waals surface area contributed by atoms with E-state index in [0.29, 0.717) is 6.04 Å². The van der Waals surface area contributed by atoms with Crippen molar-refractivity contribution in [2.45, 2.75) is 62.6 Å². The molecular formula is C17H26BrNS. The summed E-state index contributed by atoms with van der Waals surface area (Å²) in [5.41, 5.74) is 1.35. The van der Waals surface area contributed by atoms with Crippen molar-refractivity contribution in [1.82, 2.24) is 5.32 Å². The fourth-order valence-electron chi connectivity index (χ4n) is 3.03. The van der Waals surface area contributed by atoms with Gasteiger partial charge in [-0.25, -0.2) is 0 Å². The smallest absolute Gasteiger partial charge is 0.0302 e. The number of hydrogen-bond acceptors (Lipinski definition) is 2. The zero-order valence-electron chi connectivity index (χ0n) is 12.8. The van der Waals surface area contributed by atoms with Gasteiger partial charge in [-0.3, -0.25) is 0 Å². The summed E-state index contributed by atoms with van der Waals surface area (Å²) in [6.07, 6.45) is 5.56. The van der Waals surface area contributed by atoms with E-state index < -0.39 is 0 Å². The molecule has 0 saturated heterocycles. The zero-order valence-corrected chi connectivity index (χ0v) is 15.2. The summed E-state index contributed by atoms with van der Waals surface area (Å²) in [4.78, 5) is 1.41. The van der Waals surface area contributed by atoms with Crippen molar-refractivity contribution in [3.8, 4) is 0 Å². The first-order valence-corrected chi connectivity index (χ1v) is 9.47. The van der Waals surface area contributed by atoms with Crippen molar-refractivity contribution in [3.63, 3.8) is 0 Å². The molecule has 112 valence electrons. The van der Waals surface area contributed by atoms with E-state index in [9.17, 15) is 0 Å². The number of halogens is 1. The van der Waals surface area contributed by atoms with Crippen LogP contribution >= 0.6 is 27.7 Å². The highest BCUT2D eigenvalue weighted by molar-refractivity contribution is 9.10. The predicted molar refractivity (Wildman–Crippen MR) is 93.5 cm³/mol. The standard InChI is InChI=1S/C17H26BrNS/c1-4-19-13(3)16-9-8-15(11-17(16)18)20-14-7-5-6-12(2)10-14/h8-9,11-14,19H,4-7,10H2,1-3H3. The van der Waals surface area contributed by atoms with Crippen molar-refractivity contribution in [2.24, 2.45) is 5.92 Å². The lowest BCUT2D eigenvalue weighted by Crippen LogP contribution is -2.18. The Hall–Kier alpha value is 0.01000. The van der Waals surface area contributed by atoms with Gasteiger partial charge in [-0.05, 0) is 49.9 Å². The first-order chi connectivity index (χ1) is 9.60. The van der Waals surface area contributed by atoms with E-state index in [0.717, 1.165) is 17.7 Å². The van der Waals surface area contributed by atoms with E-state index in [4.69, 9.17) is 0 Å². The summed E-state index contributed by atoms with van der Waals surface area (Å²) >= 11 is 5.81. The molecule has 1 N–H and O–H groups in total. The minimum absolute atomic E-state index is 0.406. The molecular weight excluding hydrogens is 330 g/mol. The Bertz CT molecular complexity index is 435. The van der Waals surface area contributed by atoms with Crippen LogP contribution in [0, 0.1) is 5.92 Å². The number of benzene rings is 1. The van der Waals surface area contributed by atoms with Gasteiger partial charge >= 0.3 is 0 Å². The number of hydrogen-bond donors (Lipinski definition) is 1. The monoisotopic (exact) mass is 355 g/mol. The maximum absolute atomic E-state index is 3.74. The molecule has 1 aliphatic rings. The molecule has 3 unspecified atom stereocenters. The molecule has 0 bridgehead atoms. The minimum atomic E-state index is 0.406. The van der Waals surface area contributed by atoms with Crippen LogP contribution in [0.1, 0.15) is 58.1 Å². The van der Waals surface area contributed by atoms with Crippen LogP contribution in [0.2, 0.25) is 0 Å². The van der Waals surface area contributed by atoms with Crippen LogP contribution in [0.5, 0.6) is 0 Å². The third-order valence-electron chi connectivity index (χ3n) is 4.14. The first kappa shape index (κ1) is 16.4.